The van der Waals surface area contributed by atoms with Crippen LogP contribution in [-0.2, 0) is 11.0 Å². The van der Waals surface area contributed by atoms with E-state index in [-0.39, 0.29) is 11.0 Å². The average molecular weight is 539 g/mol. The lowest BCUT2D eigenvalue weighted by molar-refractivity contribution is 0.521. The van der Waals surface area contributed by atoms with Crippen molar-refractivity contribution in [1.29, 1.82) is 0 Å². The zero-order valence-electron chi connectivity index (χ0n) is 25.3. The fraction of sp³-hybridized carbons (Fsp3) is 0.158. The molecule has 0 aliphatic rings. The maximum absolute atomic E-state index is 3.98. The van der Waals surface area contributed by atoms with Crippen LogP contribution in [0, 0.1) is 0 Å². The number of anilines is 2. The van der Waals surface area contributed by atoms with Gasteiger partial charge in [-0.25, -0.2) is 0 Å². The van der Waals surface area contributed by atoms with Gasteiger partial charge in [0.1, 0.15) is 7.85 Å². The van der Waals surface area contributed by atoms with Gasteiger partial charge in [0.15, 0.2) is 0 Å². The van der Waals surface area contributed by atoms with Gasteiger partial charge in [0.05, 0.1) is 5.54 Å². The Morgan fingerprint density at radius 2 is 1.10 bits per heavy atom. The van der Waals surface area contributed by atoms with Crippen LogP contribution in [0.25, 0.3) is 0 Å². The topological polar surface area (TPSA) is 6.48 Å². The molecule has 0 saturated heterocycles. The van der Waals surface area contributed by atoms with Crippen LogP contribution < -0.4 is 9.80 Å². The Bertz CT molecular complexity index is 1420. The van der Waals surface area contributed by atoms with E-state index in [0.29, 0.717) is 0 Å². The smallest absolute Gasteiger partial charge is 0.140 e. The molecule has 0 spiro atoms. The minimum Gasteiger partial charge on any atom is -0.340 e. The lowest BCUT2D eigenvalue weighted by atomic mass is 9.71. The van der Waals surface area contributed by atoms with E-state index in [2.05, 4.69) is 161 Å². The molecule has 41 heavy (non-hydrogen) atoms. The van der Waals surface area contributed by atoms with Crippen molar-refractivity contribution in [3.8, 4) is 0 Å². The van der Waals surface area contributed by atoms with Crippen molar-refractivity contribution in [2.45, 2.75) is 38.7 Å². The fourth-order valence-electron chi connectivity index (χ4n) is 5.28. The molecule has 1 unspecified atom stereocenters. The van der Waals surface area contributed by atoms with Crippen LogP contribution in [0.3, 0.4) is 0 Å². The number of hydrogen-bond donors (Lipinski definition) is 0. The summed E-state index contributed by atoms with van der Waals surface area (Å²) >= 11 is 0. The second-order valence-electron chi connectivity index (χ2n) is 10.8. The van der Waals surface area contributed by atoms with Crippen LogP contribution in [0.2, 0.25) is 0 Å². The first kappa shape index (κ1) is 31.0. The van der Waals surface area contributed by atoms with Crippen LogP contribution in [0.1, 0.15) is 38.8 Å². The molecule has 0 bridgehead atoms. The van der Waals surface area contributed by atoms with E-state index in [4.69, 9.17) is 0 Å². The summed E-state index contributed by atoms with van der Waals surface area (Å²) in [5.41, 5.74) is 6.01. The largest absolute Gasteiger partial charge is 0.340 e. The third-order valence-corrected chi connectivity index (χ3v) is 7.28. The van der Waals surface area contributed by atoms with E-state index in [1.54, 1.807) is 6.08 Å². The molecule has 0 aliphatic heterocycles. The van der Waals surface area contributed by atoms with Gasteiger partial charge in [0.2, 0.25) is 0 Å². The van der Waals surface area contributed by atoms with Gasteiger partial charge in [-0.1, -0.05) is 111 Å². The Morgan fingerprint density at radius 3 is 1.56 bits per heavy atom. The Kier molecular flexibility index (Phi) is 10.8. The minimum atomic E-state index is -0.373. The predicted octanol–water partition coefficient (Wildman–Crippen LogP) is 9.20. The Morgan fingerprint density at radius 1 is 0.634 bits per heavy atom. The van der Waals surface area contributed by atoms with Crippen LogP contribution in [0.4, 0.5) is 11.4 Å². The lowest BCUT2D eigenvalue weighted by Crippen LogP contribution is -2.44. The zero-order valence-corrected chi connectivity index (χ0v) is 25.3. The maximum Gasteiger partial charge on any atom is 0.140 e. The van der Waals surface area contributed by atoms with Crippen molar-refractivity contribution in [2.75, 3.05) is 9.80 Å². The normalized spacial score (nSPS) is 14.0. The minimum absolute atomic E-state index is 0.349. The highest BCUT2D eigenvalue weighted by molar-refractivity contribution is 6.17. The zero-order chi connectivity index (χ0) is 29.9. The van der Waals surface area contributed by atoms with Gasteiger partial charge < -0.3 is 9.80 Å². The monoisotopic (exact) mass is 538 g/mol. The Balaban J connectivity index is 2.13. The standard InChI is InChI=1S/C38H43BN2/c1-8-12-22-34(21-11-4)40(35-23-15-13-16-24-35)37(5,6)31-27-29-32(30-28-31)38(7,39)41(33(19-9-2)20-10-3)36-25-17-14-18-26-36/h8-30H,1-2,4,39H2,3,5-7H3/b20-10-,22-12-,33-19+,34-21+. The molecule has 0 fully saturated rings. The van der Waals surface area contributed by atoms with Gasteiger partial charge in [-0.15, -0.1) is 0 Å². The molecule has 0 heterocycles. The highest BCUT2D eigenvalue weighted by atomic mass is 15.2. The molecule has 208 valence electrons. The molecule has 0 amide bonds. The molecule has 1 atom stereocenters. The summed E-state index contributed by atoms with van der Waals surface area (Å²) < 4.78 is 0. The molecule has 0 aliphatic carbocycles. The third kappa shape index (κ3) is 7.18. The van der Waals surface area contributed by atoms with Gasteiger partial charge in [0.25, 0.3) is 0 Å². The SMILES string of the molecule is BC(C)(c1ccc(C(C)(C)N(C(/C=C\C=C)=C/C=C)c2ccccc2)cc1)N(C(/C=C\C)=C/C=C)c1ccccc1. The molecule has 0 saturated carbocycles. The molecule has 3 rings (SSSR count). The van der Waals surface area contributed by atoms with Crippen molar-refractivity contribution >= 4 is 19.2 Å². The summed E-state index contributed by atoms with van der Waals surface area (Å²) in [5, 5.41) is 0. The first-order valence-electron chi connectivity index (χ1n) is 14.1. The number of para-hydroxylation sites is 2. The van der Waals surface area contributed by atoms with E-state index in [1.165, 1.54) is 11.1 Å². The predicted molar refractivity (Wildman–Crippen MR) is 184 cm³/mol. The van der Waals surface area contributed by atoms with Crippen LogP contribution in [-0.4, -0.2) is 7.85 Å². The van der Waals surface area contributed by atoms with Gasteiger partial charge >= 0.3 is 0 Å². The summed E-state index contributed by atoms with van der Waals surface area (Å²) in [6.07, 6.45) is 17.8. The van der Waals surface area contributed by atoms with E-state index < -0.39 is 0 Å². The molecule has 0 N–H and O–H groups in total. The maximum atomic E-state index is 3.98. The number of allylic oxidation sites excluding steroid dienone is 9. The second-order valence-corrected chi connectivity index (χ2v) is 10.8. The molecular weight excluding hydrogens is 495 g/mol. The summed E-state index contributed by atoms with van der Waals surface area (Å²) in [6.45, 7) is 20.6. The quantitative estimate of drug-likeness (QED) is 0.158. The number of benzene rings is 3. The molecular formula is C38H43BN2. The summed E-state index contributed by atoms with van der Waals surface area (Å²) in [6, 6.07) is 30.0. The first-order valence-corrected chi connectivity index (χ1v) is 14.1. The molecule has 0 aromatic heterocycles. The van der Waals surface area contributed by atoms with Crippen molar-refractivity contribution in [2.24, 2.45) is 0 Å². The molecule has 3 heteroatoms. The third-order valence-electron chi connectivity index (χ3n) is 7.28. The van der Waals surface area contributed by atoms with Gasteiger partial charge in [-0.2, -0.15) is 0 Å². The first-order chi connectivity index (χ1) is 19.7. The Labute approximate surface area is 249 Å². The van der Waals surface area contributed by atoms with Crippen LogP contribution >= 0.6 is 0 Å². The van der Waals surface area contributed by atoms with Gasteiger partial charge in [0, 0.05) is 28.2 Å². The highest BCUT2D eigenvalue weighted by Gasteiger charge is 2.34. The number of nitrogens with zero attached hydrogens (tertiary/aromatic N) is 2. The van der Waals surface area contributed by atoms with Crippen LogP contribution in [0.15, 0.2) is 171 Å². The van der Waals surface area contributed by atoms with Crippen LogP contribution in [0.5, 0.6) is 0 Å². The summed E-state index contributed by atoms with van der Waals surface area (Å²) in [5.74, 6) is 0. The van der Waals surface area contributed by atoms with E-state index in [1.807, 2.05) is 37.3 Å². The Hall–Kier alpha value is -4.50. The number of hydrogen-bond acceptors (Lipinski definition) is 2. The van der Waals surface area contributed by atoms with Crippen molar-refractivity contribution in [3.05, 3.63) is 182 Å². The lowest BCUT2D eigenvalue weighted by Gasteiger charge is -2.43. The van der Waals surface area contributed by atoms with Crippen molar-refractivity contribution in [3.63, 3.8) is 0 Å². The summed E-state index contributed by atoms with van der Waals surface area (Å²) in [4.78, 5) is 4.72. The molecule has 3 aromatic carbocycles. The van der Waals surface area contributed by atoms with E-state index in [0.717, 1.165) is 22.8 Å². The second kappa shape index (κ2) is 14.2. The van der Waals surface area contributed by atoms with E-state index in [9.17, 15) is 0 Å². The fourth-order valence-corrected chi connectivity index (χ4v) is 5.28. The summed E-state index contributed by atoms with van der Waals surface area (Å²) in [7, 11) is 2.27. The number of rotatable bonds is 13. The van der Waals surface area contributed by atoms with Gasteiger partial charge in [-0.3, -0.25) is 0 Å². The molecule has 0 radical (unpaired) electrons. The van der Waals surface area contributed by atoms with Gasteiger partial charge in [-0.05, 0) is 87.4 Å². The molecule has 3 aromatic rings. The average Bonchev–Trinajstić information content (AvgIpc) is 2.97. The van der Waals surface area contributed by atoms with E-state index >= 15 is 0 Å². The highest BCUT2D eigenvalue weighted by Crippen LogP contribution is 2.39. The molecule has 2 nitrogen and oxygen atoms in total. The van der Waals surface area contributed by atoms with Crippen molar-refractivity contribution in [1.82, 2.24) is 0 Å². The van der Waals surface area contributed by atoms with Crippen molar-refractivity contribution < 1.29 is 0 Å².